The van der Waals surface area contributed by atoms with Crippen LogP contribution in [-0.4, -0.2) is 21.0 Å². The maximum atomic E-state index is 10.4. The molecule has 0 N–H and O–H groups in total. The number of hydrogen-bond donors (Lipinski definition) is 0. The van der Waals surface area contributed by atoms with E-state index in [2.05, 4.69) is 19.7 Å². The summed E-state index contributed by atoms with van der Waals surface area (Å²) in [5, 5.41) is 0. The Balaban J connectivity index is 3.27. The van der Waals surface area contributed by atoms with E-state index in [1.54, 1.807) is 0 Å². The molecule has 0 rings (SSSR count). The molecular formula is C6H12O2Si. The van der Waals surface area contributed by atoms with E-state index < -0.39 is 8.80 Å². The summed E-state index contributed by atoms with van der Waals surface area (Å²) >= 11 is 0. The first kappa shape index (κ1) is 8.43. The Morgan fingerprint density at radius 3 is 2.67 bits per heavy atom. The van der Waals surface area contributed by atoms with Gasteiger partial charge in [-0.05, 0) is 0 Å². The van der Waals surface area contributed by atoms with Crippen LogP contribution >= 0.6 is 0 Å². The third-order valence-electron chi connectivity index (χ3n) is 0.726. The van der Waals surface area contributed by atoms with E-state index in [-0.39, 0.29) is 5.97 Å². The molecule has 0 aliphatic heterocycles. The number of hydrogen-bond acceptors (Lipinski definition) is 2. The number of esters is 1. The molecule has 0 aromatic carbocycles. The lowest BCUT2D eigenvalue weighted by atomic mass is 10.7. The minimum absolute atomic E-state index is 0.309. The molecule has 0 spiro atoms. The fraction of sp³-hybridized carbons (Fsp3) is 0.500. The van der Waals surface area contributed by atoms with Crippen molar-refractivity contribution in [3.63, 3.8) is 0 Å². The average Bonchev–Trinajstić information content (AvgIpc) is 1.83. The summed E-state index contributed by atoms with van der Waals surface area (Å²) < 4.78 is 4.76. The van der Waals surface area contributed by atoms with Crippen LogP contribution in [0.4, 0.5) is 0 Å². The lowest BCUT2D eigenvalue weighted by Gasteiger charge is -2.01. The van der Waals surface area contributed by atoms with Crippen LogP contribution in [0, 0.1) is 0 Å². The Bertz CT molecular complexity index is 110. The summed E-state index contributed by atoms with van der Waals surface area (Å²) in [7, 11) is -0.731. The molecule has 0 amide bonds. The van der Waals surface area contributed by atoms with Gasteiger partial charge in [-0.3, -0.25) is 0 Å². The predicted molar refractivity (Wildman–Crippen MR) is 40.0 cm³/mol. The van der Waals surface area contributed by atoms with Crippen molar-refractivity contribution in [3.05, 3.63) is 12.7 Å². The maximum Gasteiger partial charge on any atom is 0.329 e. The van der Waals surface area contributed by atoms with Crippen LogP contribution in [-0.2, 0) is 9.53 Å². The molecule has 0 aromatic heterocycles. The zero-order valence-corrected chi connectivity index (χ0v) is 7.04. The topological polar surface area (TPSA) is 26.3 Å². The first-order valence-electron chi connectivity index (χ1n) is 2.96. The van der Waals surface area contributed by atoms with E-state index in [0.717, 1.165) is 0 Å². The first-order valence-corrected chi connectivity index (χ1v) is 6.08. The summed E-state index contributed by atoms with van der Waals surface area (Å²) in [5.74, 6) is -0.309. The van der Waals surface area contributed by atoms with Gasteiger partial charge in [0.05, 0.1) is 15.0 Å². The second kappa shape index (κ2) is 4.32. The second-order valence-corrected chi connectivity index (χ2v) is 5.35. The van der Waals surface area contributed by atoms with E-state index >= 15 is 0 Å². The molecule has 0 aromatic rings. The molecule has 0 atom stereocenters. The average molecular weight is 144 g/mol. The van der Waals surface area contributed by atoms with E-state index in [4.69, 9.17) is 4.74 Å². The molecule has 3 heteroatoms. The number of rotatable bonds is 3. The van der Waals surface area contributed by atoms with E-state index in [0.29, 0.717) is 6.23 Å². The van der Waals surface area contributed by atoms with Crippen molar-refractivity contribution in [2.75, 3.05) is 6.23 Å². The smallest absolute Gasteiger partial charge is 0.329 e. The predicted octanol–water partition coefficient (Wildman–Crippen LogP) is 0.741. The number of carbonyl (C=O) groups is 1. The molecule has 0 saturated carbocycles. The van der Waals surface area contributed by atoms with E-state index in [1.807, 2.05) is 0 Å². The van der Waals surface area contributed by atoms with Crippen molar-refractivity contribution < 1.29 is 9.53 Å². The highest BCUT2D eigenvalue weighted by molar-refractivity contribution is 6.55. The number of ether oxygens (including phenoxy) is 1. The maximum absolute atomic E-state index is 10.4. The highest BCUT2D eigenvalue weighted by atomic mass is 28.3. The molecule has 0 bridgehead atoms. The van der Waals surface area contributed by atoms with Crippen molar-refractivity contribution in [2.45, 2.75) is 13.1 Å². The van der Waals surface area contributed by atoms with Gasteiger partial charge in [0, 0.05) is 6.08 Å². The van der Waals surface area contributed by atoms with Gasteiger partial charge in [-0.25, -0.2) is 4.79 Å². The van der Waals surface area contributed by atoms with Gasteiger partial charge >= 0.3 is 5.97 Å². The zero-order chi connectivity index (χ0) is 7.28. The van der Waals surface area contributed by atoms with Crippen molar-refractivity contribution in [3.8, 4) is 0 Å². The fourth-order valence-electron chi connectivity index (χ4n) is 0.308. The molecule has 0 aliphatic carbocycles. The minimum Gasteiger partial charge on any atom is -0.467 e. The summed E-state index contributed by atoms with van der Waals surface area (Å²) in [6.07, 6.45) is 1.81. The Hall–Kier alpha value is -0.573. The Morgan fingerprint density at radius 2 is 2.33 bits per heavy atom. The summed E-state index contributed by atoms with van der Waals surface area (Å²) in [6, 6.07) is 0. The Kier molecular flexibility index (Phi) is 4.04. The Labute approximate surface area is 57.1 Å². The largest absolute Gasteiger partial charge is 0.467 e. The van der Waals surface area contributed by atoms with Gasteiger partial charge in [0.15, 0.2) is 0 Å². The summed E-state index contributed by atoms with van der Waals surface area (Å²) in [4.78, 5) is 10.4. The van der Waals surface area contributed by atoms with Crippen molar-refractivity contribution in [1.29, 1.82) is 0 Å². The van der Waals surface area contributed by atoms with Crippen LogP contribution in [0.1, 0.15) is 0 Å². The normalized spacial score (nSPS) is 9.22. The van der Waals surface area contributed by atoms with Crippen molar-refractivity contribution >= 4 is 14.8 Å². The molecule has 0 aliphatic rings. The first-order chi connectivity index (χ1) is 4.16. The molecule has 0 saturated heterocycles. The molecule has 0 radical (unpaired) electrons. The molecule has 9 heavy (non-hydrogen) atoms. The van der Waals surface area contributed by atoms with Gasteiger partial charge in [-0.2, -0.15) is 0 Å². The monoisotopic (exact) mass is 144 g/mol. The van der Waals surface area contributed by atoms with Gasteiger partial charge in [0.25, 0.3) is 0 Å². The van der Waals surface area contributed by atoms with E-state index in [1.165, 1.54) is 6.08 Å². The van der Waals surface area contributed by atoms with Crippen LogP contribution in [0.25, 0.3) is 0 Å². The van der Waals surface area contributed by atoms with Gasteiger partial charge in [0.2, 0.25) is 0 Å². The lowest BCUT2D eigenvalue weighted by molar-refractivity contribution is -0.135. The summed E-state index contributed by atoms with van der Waals surface area (Å²) in [6.45, 7) is 7.52. The molecule has 0 heterocycles. The van der Waals surface area contributed by atoms with Crippen LogP contribution in [0.15, 0.2) is 12.7 Å². The highest BCUT2D eigenvalue weighted by Gasteiger charge is 1.98. The molecule has 52 valence electrons. The van der Waals surface area contributed by atoms with E-state index in [9.17, 15) is 4.79 Å². The summed E-state index contributed by atoms with van der Waals surface area (Å²) in [5.41, 5.74) is 0. The second-order valence-electron chi connectivity index (χ2n) is 2.23. The molecule has 2 nitrogen and oxygen atoms in total. The van der Waals surface area contributed by atoms with Crippen LogP contribution in [0.5, 0.6) is 0 Å². The molecule has 0 unspecified atom stereocenters. The fourth-order valence-corrected chi connectivity index (χ4v) is 0.805. The Morgan fingerprint density at radius 1 is 1.78 bits per heavy atom. The van der Waals surface area contributed by atoms with Gasteiger partial charge in [-0.15, -0.1) is 0 Å². The van der Waals surface area contributed by atoms with Crippen molar-refractivity contribution in [1.82, 2.24) is 0 Å². The highest BCUT2D eigenvalue weighted by Crippen LogP contribution is 1.83. The van der Waals surface area contributed by atoms with Gasteiger partial charge in [0.1, 0.15) is 0 Å². The van der Waals surface area contributed by atoms with Gasteiger partial charge in [-0.1, -0.05) is 19.7 Å². The lowest BCUT2D eigenvalue weighted by Crippen LogP contribution is -2.14. The number of carbonyl (C=O) groups excluding carboxylic acids is 1. The minimum atomic E-state index is -0.731. The molecule has 0 fully saturated rings. The van der Waals surface area contributed by atoms with Crippen LogP contribution in [0.3, 0.4) is 0 Å². The van der Waals surface area contributed by atoms with Crippen molar-refractivity contribution in [2.24, 2.45) is 0 Å². The third-order valence-corrected chi connectivity index (χ3v) is 1.56. The van der Waals surface area contributed by atoms with Crippen LogP contribution < -0.4 is 0 Å². The molecular weight excluding hydrogens is 132 g/mol. The third kappa shape index (κ3) is 5.30. The van der Waals surface area contributed by atoms with Crippen LogP contribution in [0.2, 0.25) is 13.1 Å². The zero-order valence-electron chi connectivity index (χ0n) is 5.89. The SMILES string of the molecule is C=CC(=O)OC[SiH](C)C. The standard InChI is InChI=1S/C6H12O2Si/c1-4-6(7)8-5-9(2)3/h4,9H,1,5H2,2-3H3. The van der Waals surface area contributed by atoms with Gasteiger partial charge < -0.3 is 4.74 Å². The quantitative estimate of drug-likeness (QED) is 0.332.